The van der Waals surface area contributed by atoms with E-state index in [1.165, 1.54) is 22.3 Å². The Hall–Kier alpha value is -2.14. The first-order chi connectivity index (χ1) is 12.5. The van der Waals surface area contributed by atoms with Crippen LogP contribution < -0.4 is 5.32 Å². The number of sulfone groups is 1. The minimum absolute atomic E-state index is 0.00466. The Morgan fingerprint density at radius 1 is 1.00 bits per heavy atom. The van der Waals surface area contributed by atoms with Crippen molar-refractivity contribution in [2.75, 3.05) is 18.1 Å². The molecule has 0 aliphatic heterocycles. The highest BCUT2D eigenvalue weighted by molar-refractivity contribution is 7.92. The third kappa shape index (κ3) is 2.94. The molecule has 3 aliphatic rings. The van der Waals surface area contributed by atoms with Crippen molar-refractivity contribution in [2.45, 2.75) is 25.2 Å². The number of amides is 1. The van der Waals surface area contributed by atoms with Gasteiger partial charge in [0.15, 0.2) is 9.84 Å². The second-order valence-corrected chi connectivity index (χ2v) is 9.62. The zero-order chi connectivity index (χ0) is 18.3. The number of hydrogen-bond acceptors (Lipinski definition) is 3. The van der Waals surface area contributed by atoms with E-state index in [2.05, 4.69) is 53.8 Å². The van der Waals surface area contributed by atoms with Crippen LogP contribution in [-0.2, 0) is 14.6 Å². The Bertz CT molecular complexity index is 904. The van der Waals surface area contributed by atoms with E-state index in [9.17, 15) is 13.2 Å². The standard InChI is InChI=1S/C21H23NO3S/c1-2-26(24,25)13-20(23)22-12-14-11-19-15-7-3-5-9-17(15)21(14)18-10-6-4-8-16(18)19/h3-10,14,19,21H,2,11-13H2,1H3,(H,22,23). The number of carbonyl (C=O) groups excluding carboxylic acids is 1. The van der Waals surface area contributed by atoms with Gasteiger partial charge in [-0.15, -0.1) is 0 Å². The largest absolute Gasteiger partial charge is 0.355 e. The second-order valence-electron chi connectivity index (χ2n) is 7.26. The Morgan fingerprint density at radius 2 is 1.54 bits per heavy atom. The molecule has 26 heavy (non-hydrogen) atoms. The average molecular weight is 369 g/mol. The van der Waals surface area contributed by atoms with E-state index in [0.29, 0.717) is 12.5 Å². The van der Waals surface area contributed by atoms with Crippen molar-refractivity contribution in [3.05, 3.63) is 70.8 Å². The summed E-state index contributed by atoms with van der Waals surface area (Å²) in [7, 11) is -3.29. The maximum Gasteiger partial charge on any atom is 0.235 e. The van der Waals surface area contributed by atoms with Gasteiger partial charge in [-0.3, -0.25) is 4.79 Å². The van der Waals surface area contributed by atoms with E-state index in [1.807, 2.05) is 0 Å². The molecule has 1 N–H and O–H groups in total. The Balaban J connectivity index is 1.58. The summed E-state index contributed by atoms with van der Waals surface area (Å²) >= 11 is 0. The molecule has 0 aromatic heterocycles. The molecule has 136 valence electrons. The van der Waals surface area contributed by atoms with E-state index in [0.717, 1.165) is 6.42 Å². The minimum atomic E-state index is -3.29. The van der Waals surface area contributed by atoms with Crippen LogP contribution in [0.15, 0.2) is 48.5 Å². The highest BCUT2D eigenvalue weighted by Crippen LogP contribution is 2.55. The lowest BCUT2D eigenvalue weighted by atomic mass is 9.59. The highest BCUT2D eigenvalue weighted by atomic mass is 32.2. The Labute approximate surface area is 154 Å². The first-order valence-electron chi connectivity index (χ1n) is 9.15. The summed E-state index contributed by atoms with van der Waals surface area (Å²) in [6.45, 7) is 2.08. The molecule has 1 atom stereocenters. The van der Waals surface area contributed by atoms with Crippen molar-refractivity contribution in [1.29, 1.82) is 0 Å². The van der Waals surface area contributed by atoms with Gasteiger partial charge in [-0.2, -0.15) is 0 Å². The van der Waals surface area contributed by atoms with Crippen molar-refractivity contribution in [2.24, 2.45) is 5.92 Å². The van der Waals surface area contributed by atoms with Gasteiger partial charge >= 0.3 is 0 Å². The first-order valence-corrected chi connectivity index (χ1v) is 11.0. The molecule has 1 amide bonds. The van der Waals surface area contributed by atoms with Crippen LogP contribution >= 0.6 is 0 Å². The summed E-state index contributed by atoms with van der Waals surface area (Å²) in [5.41, 5.74) is 5.49. The molecule has 5 heteroatoms. The maximum atomic E-state index is 12.1. The molecule has 0 spiro atoms. The molecule has 0 saturated carbocycles. The van der Waals surface area contributed by atoms with Crippen LogP contribution in [0.3, 0.4) is 0 Å². The lowest BCUT2D eigenvalue weighted by molar-refractivity contribution is -0.118. The predicted molar refractivity (Wildman–Crippen MR) is 102 cm³/mol. The summed E-state index contributed by atoms with van der Waals surface area (Å²) in [6.07, 6.45) is 0.986. The van der Waals surface area contributed by atoms with Gasteiger partial charge in [0.05, 0.1) is 0 Å². The lowest BCUT2D eigenvalue weighted by Gasteiger charge is -2.45. The fraction of sp³-hybridized carbons (Fsp3) is 0.381. The van der Waals surface area contributed by atoms with Crippen LogP contribution in [0.25, 0.3) is 0 Å². The third-order valence-electron chi connectivity index (χ3n) is 5.78. The maximum absolute atomic E-state index is 12.1. The number of carbonyl (C=O) groups is 1. The first kappa shape index (κ1) is 17.3. The third-order valence-corrected chi connectivity index (χ3v) is 7.36. The highest BCUT2D eigenvalue weighted by Gasteiger charge is 2.42. The van der Waals surface area contributed by atoms with Crippen molar-refractivity contribution >= 4 is 15.7 Å². The topological polar surface area (TPSA) is 63.2 Å². The molecule has 2 bridgehead atoms. The van der Waals surface area contributed by atoms with Crippen LogP contribution in [0.1, 0.15) is 47.4 Å². The summed E-state index contributed by atoms with van der Waals surface area (Å²) in [5, 5.41) is 2.87. The van der Waals surface area contributed by atoms with E-state index in [1.54, 1.807) is 6.92 Å². The predicted octanol–water partition coefficient (Wildman–Crippen LogP) is 2.83. The van der Waals surface area contributed by atoms with Gasteiger partial charge in [-0.1, -0.05) is 55.5 Å². The van der Waals surface area contributed by atoms with E-state index >= 15 is 0 Å². The Morgan fingerprint density at radius 3 is 2.08 bits per heavy atom. The molecule has 0 fully saturated rings. The average Bonchev–Trinajstić information content (AvgIpc) is 2.66. The van der Waals surface area contributed by atoms with Gasteiger partial charge in [0.25, 0.3) is 0 Å². The number of benzene rings is 2. The van der Waals surface area contributed by atoms with Gasteiger partial charge in [-0.05, 0) is 34.6 Å². The smallest absolute Gasteiger partial charge is 0.235 e. The van der Waals surface area contributed by atoms with Crippen molar-refractivity contribution < 1.29 is 13.2 Å². The molecule has 0 heterocycles. The number of nitrogens with one attached hydrogen (secondary N) is 1. The molecule has 4 nitrogen and oxygen atoms in total. The van der Waals surface area contributed by atoms with E-state index in [4.69, 9.17) is 0 Å². The summed E-state index contributed by atoms with van der Waals surface area (Å²) in [6, 6.07) is 17.1. The molecular formula is C21H23NO3S. The molecular weight excluding hydrogens is 346 g/mol. The zero-order valence-corrected chi connectivity index (χ0v) is 15.6. The molecule has 2 aromatic rings. The van der Waals surface area contributed by atoms with Gasteiger partial charge in [0, 0.05) is 24.1 Å². The van der Waals surface area contributed by atoms with Crippen LogP contribution in [0.2, 0.25) is 0 Å². The van der Waals surface area contributed by atoms with Crippen molar-refractivity contribution in [3.63, 3.8) is 0 Å². The molecule has 3 aliphatic carbocycles. The molecule has 5 rings (SSSR count). The van der Waals surface area contributed by atoms with Gasteiger partial charge < -0.3 is 5.32 Å². The van der Waals surface area contributed by atoms with Crippen molar-refractivity contribution in [1.82, 2.24) is 5.32 Å². The van der Waals surface area contributed by atoms with Crippen LogP contribution in [-0.4, -0.2) is 32.4 Å². The van der Waals surface area contributed by atoms with E-state index < -0.39 is 21.5 Å². The molecule has 2 aromatic carbocycles. The second kappa shape index (κ2) is 6.54. The summed E-state index contributed by atoms with van der Waals surface area (Å²) in [4.78, 5) is 12.1. The van der Waals surface area contributed by atoms with Gasteiger partial charge in [-0.25, -0.2) is 8.42 Å². The van der Waals surface area contributed by atoms with E-state index in [-0.39, 0.29) is 17.6 Å². The fourth-order valence-corrected chi connectivity index (χ4v) is 5.26. The van der Waals surface area contributed by atoms with Crippen LogP contribution in [0, 0.1) is 5.92 Å². The molecule has 1 unspecified atom stereocenters. The molecule has 0 saturated heterocycles. The lowest BCUT2D eigenvalue weighted by Crippen LogP contribution is -2.41. The monoisotopic (exact) mass is 369 g/mol. The number of fused-ring (bicyclic) bond motifs is 1. The van der Waals surface area contributed by atoms with Crippen molar-refractivity contribution in [3.8, 4) is 0 Å². The van der Waals surface area contributed by atoms with Crippen LogP contribution in [0.5, 0.6) is 0 Å². The Kier molecular flexibility index (Phi) is 4.35. The number of hydrogen-bond donors (Lipinski definition) is 1. The molecule has 0 radical (unpaired) electrons. The van der Waals surface area contributed by atoms with Crippen LogP contribution in [0.4, 0.5) is 0 Å². The summed E-state index contributed by atoms with van der Waals surface area (Å²) in [5.74, 6) is 0.0874. The SMILES string of the molecule is CCS(=O)(=O)CC(=O)NCC1CC2c3ccccc3C1c1ccccc12. The van der Waals surface area contributed by atoms with Gasteiger partial charge in [0.1, 0.15) is 5.75 Å². The quantitative estimate of drug-likeness (QED) is 0.881. The fourth-order valence-electron chi connectivity index (χ4n) is 4.56. The minimum Gasteiger partial charge on any atom is -0.355 e. The zero-order valence-electron chi connectivity index (χ0n) is 14.8. The summed E-state index contributed by atoms with van der Waals surface area (Å²) < 4.78 is 23.3. The normalized spacial score (nSPS) is 23.2. The van der Waals surface area contributed by atoms with Gasteiger partial charge in [0.2, 0.25) is 5.91 Å². The number of rotatable bonds is 5.